The first-order chi connectivity index (χ1) is 12.4. The minimum Gasteiger partial charge on any atom is -0.435 e. The smallest absolute Gasteiger partial charge is 0.387 e. The number of hydrogen-bond acceptors (Lipinski definition) is 4. The van der Waals surface area contributed by atoms with Crippen molar-refractivity contribution in [3.8, 4) is 5.75 Å². The zero-order chi connectivity index (χ0) is 18.7. The normalized spacial score (nSPS) is 18.7. The third-order valence-corrected chi connectivity index (χ3v) is 3.63. The number of amides is 4. The van der Waals surface area contributed by atoms with Crippen molar-refractivity contribution in [3.63, 3.8) is 0 Å². The molecular weight excluding hydrogens is 348 g/mol. The largest absolute Gasteiger partial charge is 0.435 e. The van der Waals surface area contributed by atoms with E-state index in [1.54, 1.807) is 24.3 Å². The topological polar surface area (TPSA) is 88.1 Å². The second kappa shape index (κ2) is 7.26. The number of nitrogens with one attached hydrogen (secondary N) is 1. The van der Waals surface area contributed by atoms with E-state index in [1.807, 2.05) is 0 Å². The zero-order valence-electron chi connectivity index (χ0n) is 13.3. The molecular formula is C17H13F2N3O4. The summed E-state index contributed by atoms with van der Waals surface area (Å²) >= 11 is 0. The third kappa shape index (κ3) is 3.82. The molecule has 1 atom stereocenters. The van der Waals surface area contributed by atoms with Crippen LogP contribution in [0.25, 0.3) is 0 Å². The summed E-state index contributed by atoms with van der Waals surface area (Å²) in [5, 5.41) is 2.43. The van der Waals surface area contributed by atoms with Crippen molar-refractivity contribution in [2.24, 2.45) is 10.9 Å². The summed E-state index contributed by atoms with van der Waals surface area (Å²) < 4.78 is 28.7. The summed E-state index contributed by atoms with van der Waals surface area (Å²) in [6.45, 7) is -3.53. The van der Waals surface area contributed by atoms with Gasteiger partial charge in [-0.25, -0.2) is 4.79 Å². The fourth-order valence-corrected chi connectivity index (χ4v) is 2.52. The third-order valence-electron chi connectivity index (χ3n) is 3.63. The molecule has 1 aromatic rings. The Kier molecular flexibility index (Phi) is 4.87. The number of ether oxygens (including phenoxy) is 1. The van der Waals surface area contributed by atoms with Crippen LogP contribution in [0.4, 0.5) is 19.3 Å². The maximum atomic E-state index is 12.4. The van der Waals surface area contributed by atoms with Gasteiger partial charge in [0.2, 0.25) is 11.8 Å². The van der Waals surface area contributed by atoms with Gasteiger partial charge in [-0.3, -0.25) is 14.5 Å². The van der Waals surface area contributed by atoms with Crippen LogP contribution in [-0.2, 0) is 9.59 Å². The van der Waals surface area contributed by atoms with Gasteiger partial charge in [-0.2, -0.15) is 13.8 Å². The fraction of sp³-hybridized carbons (Fsp3) is 0.176. The van der Waals surface area contributed by atoms with Crippen molar-refractivity contribution in [2.45, 2.75) is 6.61 Å². The molecule has 0 bridgehead atoms. The van der Waals surface area contributed by atoms with Crippen molar-refractivity contribution in [1.29, 1.82) is 0 Å². The standard InChI is InChI=1S/C17H13F2N3O4/c18-16(19)26-11-5-3-4-10(8-11)20-14(23)9-22-15(24)12-6-1-2-7-13(12)21-17(22)25/h1-8,12,16H,9H2,(H,20,23). The Bertz CT molecular complexity index is 848. The van der Waals surface area contributed by atoms with Gasteiger partial charge in [0, 0.05) is 11.8 Å². The quantitative estimate of drug-likeness (QED) is 0.872. The zero-order valence-corrected chi connectivity index (χ0v) is 13.3. The molecule has 4 amide bonds. The molecule has 134 valence electrons. The van der Waals surface area contributed by atoms with Crippen molar-refractivity contribution < 1.29 is 27.9 Å². The molecule has 0 spiro atoms. The van der Waals surface area contributed by atoms with Gasteiger partial charge in [0.05, 0.1) is 11.6 Å². The molecule has 1 aliphatic heterocycles. The SMILES string of the molecule is O=C(CN1C(=O)N=C2C=CC=CC2C1=O)Nc1cccc(OC(F)F)c1. The Balaban J connectivity index is 1.68. The lowest BCUT2D eigenvalue weighted by Gasteiger charge is -2.27. The molecule has 1 heterocycles. The lowest BCUT2D eigenvalue weighted by molar-refractivity contribution is -0.132. The van der Waals surface area contributed by atoms with Crippen LogP contribution in [-0.4, -0.2) is 41.6 Å². The van der Waals surface area contributed by atoms with E-state index < -0.39 is 36.9 Å². The number of nitrogens with zero attached hydrogens (tertiary/aromatic N) is 2. The maximum absolute atomic E-state index is 12.4. The van der Waals surface area contributed by atoms with E-state index in [0.29, 0.717) is 5.71 Å². The minimum atomic E-state index is -2.99. The van der Waals surface area contributed by atoms with Crippen LogP contribution in [0.15, 0.2) is 53.6 Å². The number of imide groups is 1. The highest BCUT2D eigenvalue weighted by Crippen LogP contribution is 2.21. The van der Waals surface area contributed by atoms with Gasteiger partial charge in [-0.1, -0.05) is 24.3 Å². The monoisotopic (exact) mass is 361 g/mol. The highest BCUT2D eigenvalue weighted by molar-refractivity contribution is 6.22. The van der Waals surface area contributed by atoms with Crippen LogP contribution in [0.3, 0.4) is 0 Å². The predicted octanol–water partition coefficient (Wildman–Crippen LogP) is 2.37. The number of halogens is 2. The molecule has 9 heteroatoms. The molecule has 1 aromatic carbocycles. The second-order valence-electron chi connectivity index (χ2n) is 5.42. The summed E-state index contributed by atoms with van der Waals surface area (Å²) in [4.78, 5) is 41.1. The summed E-state index contributed by atoms with van der Waals surface area (Å²) in [5.41, 5.74) is 0.519. The van der Waals surface area contributed by atoms with E-state index in [1.165, 1.54) is 24.3 Å². The van der Waals surface area contributed by atoms with Crippen LogP contribution >= 0.6 is 0 Å². The molecule has 1 unspecified atom stereocenters. The number of aliphatic imine (C=N–C) groups is 1. The second-order valence-corrected chi connectivity index (χ2v) is 5.42. The van der Waals surface area contributed by atoms with E-state index in [0.717, 1.165) is 4.90 Å². The van der Waals surface area contributed by atoms with Crippen molar-refractivity contribution >= 4 is 29.2 Å². The van der Waals surface area contributed by atoms with Crippen LogP contribution in [0, 0.1) is 5.92 Å². The Hall–Kier alpha value is -3.36. The minimum absolute atomic E-state index is 0.128. The van der Waals surface area contributed by atoms with Gasteiger partial charge in [0.1, 0.15) is 12.3 Å². The molecule has 0 radical (unpaired) electrons. The number of carbonyl (C=O) groups excluding carboxylic acids is 3. The first-order valence-corrected chi connectivity index (χ1v) is 7.57. The number of fused-ring (bicyclic) bond motifs is 1. The van der Waals surface area contributed by atoms with E-state index in [2.05, 4.69) is 15.0 Å². The highest BCUT2D eigenvalue weighted by atomic mass is 19.3. The van der Waals surface area contributed by atoms with Crippen molar-refractivity contribution in [2.75, 3.05) is 11.9 Å². The number of alkyl halides is 2. The average Bonchev–Trinajstić information content (AvgIpc) is 2.58. The molecule has 1 aliphatic carbocycles. The summed E-state index contributed by atoms with van der Waals surface area (Å²) in [7, 11) is 0. The number of rotatable bonds is 5. The lowest BCUT2D eigenvalue weighted by atomic mass is 9.95. The van der Waals surface area contributed by atoms with E-state index in [9.17, 15) is 23.2 Å². The number of urea groups is 1. The van der Waals surface area contributed by atoms with Gasteiger partial charge in [-0.05, 0) is 18.2 Å². The predicted molar refractivity (Wildman–Crippen MR) is 88.0 cm³/mol. The fourth-order valence-electron chi connectivity index (χ4n) is 2.52. The van der Waals surface area contributed by atoms with Gasteiger partial charge in [0.15, 0.2) is 0 Å². The van der Waals surface area contributed by atoms with Crippen molar-refractivity contribution in [1.82, 2.24) is 4.90 Å². The van der Waals surface area contributed by atoms with Gasteiger partial charge < -0.3 is 10.1 Å². The number of carbonyl (C=O) groups is 3. The Labute approximate surface area is 146 Å². The Morgan fingerprint density at radius 1 is 1.31 bits per heavy atom. The van der Waals surface area contributed by atoms with Gasteiger partial charge in [-0.15, -0.1) is 0 Å². The van der Waals surface area contributed by atoms with E-state index in [4.69, 9.17) is 0 Å². The number of benzene rings is 1. The molecule has 7 nitrogen and oxygen atoms in total. The molecule has 2 aliphatic rings. The first kappa shape index (κ1) is 17.5. The number of hydrogen-bond donors (Lipinski definition) is 1. The van der Waals surface area contributed by atoms with Crippen molar-refractivity contribution in [3.05, 3.63) is 48.6 Å². The summed E-state index contributed by atoms with van der Waals surface area (Å²) in [5.74, 6) is -2.05. The molecule has 26 heavy (non-hydrogen) atoms. The van der Waals surface area contributed by atoms with Crippen LogP contribution in [0.2, 0.25) is 0 Å². The Morgan fingerprint density at radius 3 is 2.88 bits per heavy atom. The summed E-state index contributed by atoms with van der Waals surface area (Å²) in [6.07, 6.45) is 6.47. The molecule has 0 fully saturated rings. The van der Waals surface area contributed by atoms with Gasteiger partial charge in [0.25, 0.3) is 0 Å². The van der Waals surface area contributed by atoms with Crippen LogP contribution in [0.5, 0.6) is 5.75 Å². The molecule has 0 saturated heterocycles. The first-order valence-electron chi connectivity index (χ1n) is 7.57. The van der Waals surface area contributed by atoms with E-state index in [-0.39, 0.29) is 11.4 Å². The maximum Gasteiger partial charge on any atom is 0.387 e. The molecule has 0 saturated carbocycles. The summed E-state index contributed by atoms with van der Waals surface area (Å²) in [6, 6.07) is 4.56. The number of anilines is 1. The van der Waals surface area contributed by atoms with E-state index >= 15 is 0 Å². The van der Waals surface area contributed by atoms with Gasteiger partial charge >= 0.3 is 12.6 Å². The molecule has 0 aromatic heterocycles. The van der Waals surface area contributed by atoms with Crippen LogP contribution in [0.1, 0.15) is 0 Å². The highest BCUT2D eigenvalue weighted by Gasteiger charge is 2.36. The number of allylic oxidation sites excluding steroid dienone is 3. The van der Waals surface area contributed by atoms with Crippen LogP contribution < -0.4 is 10.1 Å². The molecule has 3 rings (SSSR count). The molecule has 1 N–H and O–H groups in total. The Morgan fingerprint density at radius 2 is 2.12 bits per heavy atom. The lowest BCUT2D eigenvalue weighted by Crippen LogP contribution is -2.48. The average molecular weight is 361 g/mol.